The number of nitrogens with zero attached hydrogens (tertiary/aromatic N) is 2. The summed E-state index contributed by atoms with van der Waals surface area (Å²) in [5.41, 5.74) is 12.1. The van der Waals surface area contributed by atoms with Crippen molar-refractivity contribution in [3.63, 3.8) is 0 Å². The summed E-state index contributed by atoms with van der Waals surface area (Å²) in [4.78, 5) is 28.2. The van der Waals surface area contributed by atoms with E-state index in [1.165, 1.54) is 0 Å². The number of amides is 1. The number of nitrogens with two attached hydrogens (primary N) is 2. The first-order chi connectivity index (χ1) is 14.7. The summed E-state index contributed by atoms with van der Waals surface area (Å²) < 4.78 is 6.19. The Balaban J connectivity index is 1.37. The summed E-state index contributed by atoms with van der Waals surface area (Å²) in [6, 6.07) is 0.939. The Kier molecular flexibility index (Phi) is 4.91. The molecular weight excluding hydrogens is 392 g/mol. The number of piperidine rings is 1. The lowest BCUT2D eigenvalue weighted by Gasteiger charge is -2.62. The topological polar surface area (TPSA) is 122 Å². The maximum absolute atomic E-state index is 13.6. The van der Waals surface area contributed by atoms with Crippen LogP contribution in [0.1, 0.15) is 71.6 Å². The zero-order valence-electron chi connectivity index (χ0n) is 18.8. The molecule has 1 aliphatic heterocycles. The summed E-state index contributed by atoms with van der Waals surface area (Å²) in [7, 11) is 0. The minimum absolute atomic E-state index is 0.0590. The number of hydrogen-bond acceptors (Lipinski definition) is 6. The van der Waals surface area contributed by atoms with Crippen LogP contribution in [0.4, 0.5) is 0 Å². The van der Waals surface area contributed by atoms with Gasteiger partial charge >= 0.3 is 5.97 Å². The second-order valence-electron chi connectivity index (χ2n) is 11.5. The van der Waals surface area contributed by atoms with Gasteiger partial charge in [-0.25, -0.2) is 0 Å². The molecule has 0 aromatic rings. The Morgan fingerprint density at radius 2 is 1.84 bits per heavy atom. The number of ether oxygens (including phenoxy) is 1. The van der Waals surface area contributed by atoms with Gasteiger partial charge in [-0.2, -0.15) is 5.26 Å². The fraction of sp³-hybridized carbons (Fsp3) is 0.875. The van der Waals surface area contributed by atoms with Crippen molar-refractivity contribution in [2.75, 3.05) is 0 Å². The molecular formula is C24H36N4O3. The van der Waals surface area contributed by atoms with Gasteiger partial charge in [0.25, 0.3) is 0 Å². The Labute approximate surface area is 184 Å². The predicted octanol–water partition coefficient (Wildman–Crippen LogP) is 2.08. The molecule has 8 atom stereocenters. The van der Waals surface area contributed by atoms with Crippen LogP contribution in [0, 0.1) is 40.4 Å². The molecule has 4 N–H and O–H groups in total. The molecule has 0 radical (unpaired) electrons. The third-order valence-corrected chi connectivity index (χ3v) is 9.33. The van der Waals surface area contributed by atoms with E-state index in [0.717, 1.165) is 51.4 Å². The van der Waals surface area contributed by atoms with Crippen LogP contribution in [0.2, 0.25) is 0 Å². The van der Waals surface area contributed by atoms with E-state index in [-0.39, 0.29) is 35.3 Å². The van der Waals surface area contributed by atoms with Crippen molar-refractivity contribution >= 4 is 11.9 Å². The van der Waals surface area contributed by atoms with Crippen LogP contribution in [-0.2, 0) is 14.3 Å². The molecule has 1 amide bonds. The number of esters is 1. The molecule has 7 nitrogen and oxygen atoms in total. The van der Waals surface area contributed by atoms with Crippen LogP contribution >= 0.6 is 0 Å². The number of nitriles is 1. The molecule has 0 aromatic carbocycles. The van der Waals surface area contributed by atoms with E-state index in [0.29, 0.717) is 24.2 Å². The Hall–Kier alpha value is -1.65. The highest BCUT2D eigenvalue weighted by atomic mass is 16.6. The van der Waals surface area contributed by atoms with Gasteiger partial charge in [-0.15, -0.1) is 0 Å². The molecule has 5 saturated carbocycles. The van der Waals surface area contributed by atoms with Gasteiger partial charge in [0.05, 0.1) is 12.1 Å². The smallest absolute Gasteiger partial charge is 0.323 e. The standard InChI is InChI=1S/C24H36N4O3/c1-3-13(2)19(26)22(30)31-24-9-14-4-15(10-24)8-23(7-14,12-24)20(27)21(29)28-17(11-25)5-16-6-18(16)28/h13-20H,3-10,12,26-27H2,1-2H3. The van der Waals surface area contributed by atoms with Gasteiger partial charge in [0, 0.05) is 6.04 Å². The number of carbonyl (C=O) groups excluding carboxylic acids is 2. The number of rotatable bonds is 6. The van der Waals surface area contributed by atoms with Crippen LogP contribution in [0.15, 0.2) is 0 Å². The second kappa shape index (κ2) is 7.18. The van der Waals surface area contributed by atoms with E-state index in [1.807, 2.05) is 13.8 Å². The maximum Gasteiger partial charge on any atom is 0.323 e. The second-order valence-corrected chi connectivity index (χ2v) is 11.5. The lowest BCUT2D eigenvalue weighted by molar-refractivity contribution is -0.207. The molecule has 5 aliphatic carbocycles. The summed E-state index contributed by atoms with van der Waals surface area (Å²) in [6.45, 7) is 4.01. The molecule has 7 heteroatoms. The first-order valence-corrected chi connectivity index (χ1v) is 12.2. The average molecular weight is 429 g/mol. The van der Waals surface area contributed by atoms with Gasteiger partial charge in [-0.3, -0.25) is 9.59 Å². The quantitative estimate of drug-likeness (QED) is 0.625. The van der Waals surface area contributed by atoms with Crippen molar-refractivity contribution in [2.24, 2.45) is 40.6 Å². The van der Waals surface area contributed by atoms with Gasteiger partial charge in [-0.1, -0.05) is 20.3 Å². The Bertz CT molecular complexity index is 808. The van der Waals surface area contributed by atoms with E-state index in [2.05, 4.69) is 6.07 Å². The zero-order valence-corrected chi connectivity index (χ0v) is 18.8. The van der Waals surface area contributed by atoms with E-state index in [9.17, 15) is 14.9 Å². The molecule has 4 bridgehead atoms. The highest BCUT2D eigenvalue weighted by molar-refractivity contribution is 5.84. The largest absolute Gasteiger partial charge is 0.458 e. The third kappa shape index (κ3) is 3.29. The van der Waals surface area contributed by atoms with Gasteiger partial charge in [0.1, 0.15) is 17.7 Å². The fourth-order valence-corrected chi connectivity index (χ4v) is 7.81. The molecule has 6 rings (SSSR count). The Morgan fingerprint density at radius 1 is 1.16 bits per heavy atom. The van der Waals surface area contributed by atoms with Crippen molar-refractivity contribution in [2.45, 2.75) is 101 Å². The summed E-state index contributed by atoms with van der Waals surface area (Å²) >= 11 is 0. The lowest BCUT2D eigenvalue weighted by atomic mass is 9.46. The van der Waals surface area contributed by atoms with Gasteiger partial charge < -0.3 is 21.1 Å². The monoisotopic (exact) mass is 428 g/mol. The molecule has 8 unspecified atom stereocenters. The molecule has 0 spiro atoms. The molecule has 1 saturated heterocycles. The van der Waals surface area contributed by atoms with Gasteiger partial charge in [0.15, 0.2) is 0 Å². The van der Waals surface area contributed by atoms with Gasteiger partial charge in [-0.05, 0) is 80.5 Å². The molecule has 0 aromatic heterocycles. The summed E-state index contributed by atoms with van der Waals surface area (Å²) in [5.74, 6) is 1.06. The molecule has 31 heavy (non-hydrogen) atoms. The van der Waals surface area contributed by atoms with Crippen molar-refractivity contribution in [3.05, 3.63) is 0 Å². The zero-order chi connectivity index (χ0) is 22.1. The average Bonchev–Trinajstić information content (AvgIpc) is 3.39. The normalized spacial score (nSPS) is 44.9. The van der Waals surface area contributed by atoms with Crippen LogP contribution in [0.3, 0.4) is 0 Å². The van der Waals surface area contributed by atoms with Crippen LogP contribution in [-0.4, -0.2) is 46.5 Å². The van der Waals surface area contributed by atoms with Crippen molar-refractivity contribution < 1.29 is 14.3 Å². The number of hydrogen-bond donors (Lipinski definition) is 2. The van der Waals surface area contributed by atoms with E-state index < -0.39 is 17.7 Å². The van der Waals surface area contributed by atoms with E-state index in [4.69, 9.17) is 16.2 Å². The first-order valence-electron chi connectivity index (χ1n) is 12.2. The highest BCUT2D eigenvalue weighted by Gasteiger charge is 2.64. The molecule has 1 heterocycles. The number of carbonyl (C=O) groups is 2. The SMILES string of the molecule is CCC(C)C(N)C(=O)OC12CC3CC(C1)CC(C(N)C(=O)N1C(C#N)CC4CC41)(C3)C2. The van der Waals surface area contributed by atoms with E-state index >= 15 is 0 Å². The van der Waals surface area contributed by atoms with Gasteiger partial charge in [0.2, 0.25) is 5.91 Å². The Morgan fingerprint density at radius 3 is 2.45 bits per heavy atom. The molecule has 6 aliphatic rings. The van der Waals surface area contributed by atoms with Crippen molar-refractivity contribution in [1.82, 2.24) is 4.90 Å². The lowest BCUT2D eigenvalue weighted by Crippen LogP contribution is -2.66. The van der Waals surface area contributed by atoms with Crippen LogP contribution in [0.25, 0.3) is 0 Å². The van der Waals surface area contributed by atoms with Crippen molar-refractivity contribution in [1.29, 1.82) is 5.26 Å². The summed E-state index contributed by atoms with van der Waals surface area (Å²) in [6.07, 6.45) is 7.97. The van der Waals surface area contributed by atoms with Crippen LogP contribution in [0.5, 0.6) is 0 Å². The van der Waals surface area contributed by atoms with Crippen molar-refractivity contribution in [3.8, 4) is 6.07 Å². The molecule has 6 fully saturated rings. The minimum atomic E-state index is -0.630. The van der Waals surface area contributed by atoms with Crippen LogP contribution < -0.4 is 11.5 Å². The molecule has 170 valence electrons. The minimum Gasteiger partial charge on any atom is -0.458 e. The highest BCUT2D eigenvalue weighted by Crippen LogP contribution is 2.64. The predicted molar refractivity (Wildman–Crippen MR) is 114 cm³/mol. The third-order valence-electron chi connectivity index (χ3n) is 9.33. The fourth-order valence-electron chi connectivity index (χ4n) is 7.81. The van der Waals surface area contributed by atoms with E-state index in [1.54, 1.807) is 4.90 Å². The summed E-state index contributed by atoms with van der Waals surface area (Å²) in [5, 5.41) is 9.54. The number of fused-ring (bicyclic) bond motifs is 1. The first kappa shape index (κ1) is 21.2. The number of likely N-dealkylation sites (tertiary alicyclic amines) is 1. The maximum atomic E-state index is 13.6.